The highest BCUT2D eigenvalue weighted by Gasteiger charge is 2.35. The molecule has 0 radical (unpaired) electrons. The van der Waals surface area contributed by atoms with E-state index in [1.807, 2.05) is 6.92 Å². The average molecular weight is 285 g/mol. The maximum absolute atomic E-state index is 12.0. The van der Waals surface area contributed by atoms with Gasteiger partial charge >= 0.3 is 12.0 Å². The Morgan fingerprint density at radius 2 is 1.90 bits per heavy atom. The first-order chi connectivity index (χ1) is 9.45. The van der Waals surface area contributed by atoms with Gasteiger partial charge in [0.25, 0.3) is 0 Å². The highest BCUT2D eigenvalue weighted by molar-refractivity contribution is 5.83. The second-order valence-corrected chi connectivity index (χ2v) is 5.06. The number of nitrogens with one attached hydrogen (secondary N) is 2. The van der Waals surface area contributed by atoms with Gasteiger partial charge in [-0.15, -0.1) is 0 Å². The predicted molar refractivity (Wildman–Crippen MR) is 73.2 cm³/mol. The number of likely N-dealkylation sites (tertiary alicyclic amines) is 1. The molecule has 3 amide bonds. The summed E-state index contributed by atoms with van der Waals surface area (Å²) in [7, 11) is 0. The van der Waals surface area contributed by atoms with Gasteiger partial charge in [-0.05, 0) is 18.8 Å². The molecule has 0 spiro atoms. The van der Waals surface area contributed by atoms with Crippen LogP contribution < -0.4 is 10.6 Å². The molecule has 0 aromatic rings. The second-order valence-electron chi connectivity index (χ2n) is 5.06. The molecular formula is C13H23N3O4. The van der Waals surface area contributed by atoms with Crippen LogP contribution in [-0.2, 0) is 9.59 Å². The third-order valence-corrected chi connectivity index (χ3v) is 3.61. The van der Waals surface area contributed by atoms with Crippen LogP contribution in [0.25, 0.3) is 0 Å². The third-order valence-electron chi connectivity index (χ3n) is 3.61. The fraction of sp³-hybridized carbons (Fsp3) is 0.769. The van der Waals surface area contributed by atoms with Crippen molar-refractivity contribution in [1.82, 2.24) is 15.5 Å². The smallest absolute Gasteiger partial charge is 0.326 e. The first-order valence-corrected chi connectivity index (χ1v) is 6.97. The van der Waals surface area contributed by atoms with Crippen molar-refractivity contribution in [2.75, 3.05) is 19.6 Å². The Morgan fingerprint density at radius 3 is 2.45 bits per heavy atom. The second kappa shape index (κ2) is 7.72. The van der Waals surface area contributed by atoms with E-state index in [1.54, 1.807) is 0 Å². The van der Waals surface area contributed by atoms with Crippen LogP contribution in [0.3, 0.4) is 0 Å². The molecule has 20 heavy (non-hydrogen) atoms. The van der Waals surface area contributed by atoms with Crippen LogP contribution in [0.15, 0.2) is 0 Å². The summed E-state index contributed by atoms with van der Waals surface area (Å²) < 4.78 is 0. The van der Waals surface area contributed by atoms with E-state index >= 15 is 0 Å². The summed E-state index contributed by atoms with van der Waals surface area (Å²) in [6.45, 7) is 4.52. The van der Waals surface area contributed by atoms with Gasteiger partial charge in [0.15, 0.2) is 0 Å². The lowest BCUT2D eigenvalue weighted by Gasteiger charge is -2.36. The van der Waals surface area contributed by atoms with E-state index in [0.717, 1.165) is 12.8 Å². The lowest BCUT2D eigenvalue weighted by molar-refractivity contribution is -0.144. The minimum atomic E-state index is -0.958. The minimum Gasteiger partial charge on any atom is -0.480 e. The number of carboxylic acid groups (broad SMARTS) is 1. The molecule has 114 valence electrons. The van der Waals surface area contributed by atoms with Crippen LogP contribution >= 0.6 is 0 Å². The maximum Gasteiger partial charge on any atom is 0.326 e. The van der Waals surface area contributed by atoms with E-state index in [1.165, 1.54) is 11.8 Å². The molecule has 2 unspecified atom stereocenters. The highest BCUT2D eigenvalue weighted by Crippen LogP contribution is 2.25. The lowest BCUT2D eigenvalue weighted by atomic mass is 9.89. The van der Waals surface area contributed by atoms with Crippen molar-refractivity contribution in [3.05, 3.63) is 0 Å². The fourth-order valence-corrected chi connectivity index (χ4v) is 2.40. The zero-order valence-corrected chi connectivity index (χ0v) is 12.0. The highest BCUT2D eigenvalue weighted by atomic mass is 16.4. The average Bonchev–Trinajstić information content (AvgIpc) is 2.42. The molecule has 7 heteroatoms. The largest absolute Gasteiger partial charge is 0.480 e. The number of piperidine rings is 1. The SMILES string of the molecule is CCC1CCN(C(=O)NCCNC(C)=O)C(C(=O)O)C1. The van der Waals surface area contributed by atoms with E-state index < -0.39 is 12.0 Å². The molecule has 0 aromatic carbocycles. The van der Waals surface area contributed by atoms with Crippen molar-refractivity contribution in [3.63, 3.8) is 0 Å². The summed E-state index contributed by atoms with van der Waals surface area (Å²) in [6, 6.07) is -1.13. The fourth-order valence-electron chi connectivity index (χ4n) is 2.40. The summed E-state index contributed by atoms with van der Waals surface area (Å²) >= 11 is 0. The van der Waals surface area contributed by atoms with Gasteiger partial charge in [-0.1, -0.05) is 13.3 Å². The van der Waals surface area contributed by atoms with Gasteiger partial charge in [0, 0.05) is 26.6 Å². The molecule has 0 aliphatic carbocycles. The monoisotopic (exact) mass is 285 g/mol. The number of carbonyl (C=O) groups excluding carboxylic acids is 2. The molecule has 1 saturated heterocycles. The topological polar surface area (TPSA) is 98.7 Å². The number of carbonyl (C=O) groups is 3. The quantitative estimate of drug-likeness (QED) is 0.637. The summed E-state index contributed by atoms with van der Waals surface area (Å²) in [5, 5.41) is 14.4. The minimum absolute atomic E-state index is 0.161. The summed E-state index contributed by atoms with van der Waals surface area (Å²) in [5.74, 6) is -0.758. The van der Waals surface area contributed by atoms with Crippen molar-refractivity contribution in [1.29, 1.82) is 0 Å². The zero-order valence-electron chi connectivity index (χ0n) is 12.0. The van der Waals surface area contributed by atoms with Gasteiger partial charge in [-0.3, -0.25) is 4.79 Å². The Labute approximate surface area is 118 Å². The van der Waals surface area contributed by atoms with Gasteiger partial charge in [0.2, 0.25) is 5.91 Å². The Balaban J connectivity index is 2.48. The van der Waals surface area contributed by atoms with Crippen molar-refractivity contribution in [2.45, 2.75) is 39.2 Å². The van der Waals surface area contributed by atoms with E-state index in [2.05, 4.69) is 10.6 Å². The number of aliphatic carboxylic acids is 1. The van der Waals surface area contributed by atoms with Crippen molar-refractivity contribution >= 4 is 17.9 Å². The number of carboxylic acids is 1. The lowest BCUT2D eigenvalue weighted by Crippen LogP contribution is -2.54. The molecule has 2 atom stereocenters. The Bertz CT molecular complexity index is 373. The Hall–Kier alpha value is -1.79. The van der Waals surface area contributed by atoms with Crippen LogP contribution in [0.2, 0.25) is 0 Å². The van der Waals surface area contributed by atoms with Gasteiger partial charge < -0.3 is 20.6 Å². The van der Waals surface area contributed by atoms with Gasteiger partial charge in [0.05, 0.1) is 0 Å². The van der Waals surface area contributed by atoms with Crippen molar-refractivity contribution in [3.8, 4) is 0 Å². The van der Waals surface area contributed by atoms with Crippen LogP contribution in [0.5, 0.6) is 0 Å². The molecule has 3 N–H and O–H groups in total. The Morgan fingerprint density at radius 1 is 1.25 bits per heavy atom. The van der Waals surface area contributed by atoms with Gasteiger partial charge in [0.1, 0.15) is 6.04 Å². The van der Waals surface area contributed by atoms with E-state index in [-0.39, 0.29) is 11.9 Å². The summed E-state index contributed by atoms with van der Waals surface area (Å²) in [5.41, 5.74) is 0. The Kier molecular flexibility index (Phi) is 6.27. The molecule has 7 nitrogen and oxygen atoms in total. The number of urea groups is 1. The van der Waals surface area contributed by atoms with Crippen molar-refractivity contribution < 1.29 is 19.5 Å². The number of rotatable bonds is 5. The summed E-state index contributed by atoms with van der Waals surface area (Å²) in [4.78, 5) is 35.3. The van der Waals surface area contributed by atoms with E-state index in [4.69, 9.17) is 0 Å². The number of hydrogen-bond donors (Lipinski definition) is 3. The molecule has 0 saturated carbocycles. The number of hydrogen-bond acceptors (Lipinski definition) is 3. The van der Waals surface area contributed by atoms with Crippen LogP contribution in [0, 0.1) is 5.92 Å². The van der Waals surface area contributed by atoms with E-state index in [9.17, 15) is 19.5 Å². The van der Waals surface area contributed by atoms with Crippen LogP contribution in [0.1, 0.15) is 33.1 Å². The first kappa shape index (κ1) is 16.3. The molecule has 0 bridgehead atoms. The number of amides is 3. The van der Waals surface area contributed by atoms with Crippen molar-refractivity contribution in [2.24, 2.45) is 5.92 Å². The number of nitrogens with zero attached hydrogens (tertiary/aromatic N) is 1. The predicted octanol–water partition coefficient (Wildman–Crippen LogP) is 0.407. The molecule has 1 aliphatic rings. The van der Waals surface area contributed by atoms with Gasteiger partial charge in [-0.2, -0.15) is 0 Å². The molecule has 1 heterocycles. The third kappa shape index (κ3) is 4.71. The summed E-state index contributed by atoms with van der Waals surface area (Å²) in [6.07, 6.45) is 2.27. The normalized spacial score (nSPS) is 22.2. The molecule has 1 fully saturated rings. The first-order valence-electron chi connectivity index (χ1n) is 6.97. The molecule has 1 aliphatic heterocycles. The molecule has 1 rings (SSSR count). The maximum atomic E-state index is 12.0. The van der Waals surface area contributed by atoms with Gasteiger partial charge in [-0.25, -0.2) is 9.59 Å². The van der Waals surface area contributed by atoms with Crippen LogP contribution in [0.4, 0.5) is 4.79 Å². The van der Waals surface area contributed by atoms with Crippen LogP contribution in [-0.4, -0.2) is 53.6 Å². The standard InChI is InChI=1S/C13H23N3O4/c1-3-10-4-7-16(11(8-10)12(18)19)13(20)15-6-5-14-9(2)17/h10-11H,3-8H2,1-2H3,(H,14,17)(H,15,20)(H,18,19). The molecular weight excluding hydrogens is 262 g/mol. The molecule has 0 aromatic heterocycles. The zero-order chi connectivity index (χ0) is 15.1. The van der Waals surface area contributed by atoms with E-state index in [0.29, 0.717) is 32.0 Å².